The van der Waals surface area contributed by atoms with Gasteiger partial charge < -0.3 is 10.2 Å². The average molecular weight is 221 g/mol. The summed E-state index contributed by atoms with van der Waals surface area (Å²) < 4.78 is 0. The number of aliphatic hydroxyl groups is 2. The van der Waals surface area contributed by atoms with Crippen LogP contribution in [0.2, 0.25) is 5.02 Å². The molecule has 0 radical (unpaired) electrons. The maximum Gasteiger partial charge on any atom is 0.283 e. The van der Waals surface area contributed by atoms with E-state index in [4.69, 9.17) is 21.8 Å². The highest BCUT2D eigenvalue weighted by atomic mass is 35.5. The summed E-state index contributed by atoms with van der Waals surface area (Å²) in [4.78, 5) is 0. The number of aliphatic hydroxyl groups excluding tert-OH is 1. The lowest BCUT2D eigenvalue weighted by Crippen LogP contribution is -2.13. The van der Waals surface area contributed by atoms with Gasteiger partial charge in [-0.2, -0.15) is 0 Å². The Morgan fingerprint density at radius 1 is 1.07 bits per heavy atom. The van der Waals surface area contributed by atoms with E-state index in [0.717, 1.165) is 10.8 Å². The van der Waals surface area contributed by atoms with E-state index in [-0.39, 0.29) is 5.22 Å². The largest absolute Gasteiger partial charge is 0.481 e. The van der Waals surface area contributed by atoms with Crippen LogP contribution in [0.25, 0.3) is 11.5 Å². The van der Waals surface area contributed by atoms with Crippen molar-refractivity contribution in [2.24, 2.45) is 0 Å². The Bertz CT molecular complexity index is 550. The number of halogens is 1. The molecule has 0 amide bonds. The molecule has 0 saturated carbocycles. The van der Waals surface area contributed by atoms with Gasteiger partial charge in [-0.3, -0.25) is 0 Å². The molecule has 1 aliphatic carbocycles. The molecule has 1 aliphatic rings. The van der Waals surface area contributed by atoms with Gasteiger partial charge in [0.1, 0.15) is 0 Å². The molecule has 0 heterocycles. The Morgan fingerprint density at radius 2 is 1.73 bits per heavy atom. The highest BCUT2D eigenvalue weighted by Crippen LogP contribution is 2.07. The molecule has 1 aromatic carbocycles. The van der Waals surface area contributed by atoms with E-state index in [9.17, 15) is 0 Å². The van der Waals surface area contributed by atoms with Crippen molar-refractivity contribution in [1.29, 1.82) is 0 Å². The third-order valence-corrected chi connectivity index (χ3v) is 2.52. The van der Waals surface area contributed by atoms with Crippen LogP contribution < -0.4 is 10.4 Å². The number of allylic oxidation sites excluding steroid dienone is 4. The normalized spacial score (nSPS) is 13.5. The number of hydrogen-bond donors (Lipinski definition) is 2. The van der Waals surface area contributed by atoms with E-state index in [1.54, 1.807) is 18.2 Å². The topological polar surface area (TPSA) is 40.5 Å². The second kappa shape index (κ2) is 3.83. The molecule has 1 aromatic rings. The summed E-state index contributed by atoms with van der Waals surface area (Å²) in [7, 11) is 0. The van der Waals surface area contributed by atoms with Crippen LogP contribution in [0.1, 0.15) is 0 Å². The number of rotatable bonds is 0. The maximum absolute atomic E-state index is 8.91. The molecule has 15 heavy (non-hydrogen) atoms. The van der Waals surface area contributed by atoms with E-state index in [1.807, 2.05) is 24.3 Å². The van der Waals surface area contributed by atoms with Gasteiger partial charge in [0.2, 0.25) is 0 Å². The summed E-state index contributed by atoms with van der Waals surface area (Å²) in [6, 6.07) is 5.08. The average Bonchev–Trinajstić information content (AvgIpc) is 2.69. The Hall–Kier alpha value is -1.67. The molecule has 76 valence electrons. The first-order chi connectivity index (χ1) is 7.18. The van der Waals surface area contributed by atoms with Gasteiger partial charge in [-0.1, -0.05) is 42.0 Å². The van der Waals surface area contributed by atoms with Crippen molar-refractivity contribution >= 4 is 23.1 Å². The molecule has 0 aliphatic heterocycles. The lowest BCUT2D eigenvalue weighted by molar-refractivity contribution is 0.298. The summed E-state index contributed by atoms with van der Waals surface area (Å²) >= 11 is 5.90. The fraction of sp³-hybridized carbons (Fsp3) is 0. The lowest BCUT2D eigenvalue weighted by Gasteiger charge is -1.96. The van der Waals surface area contributed by atoms with Crippen LogP contribution in [0.3, 0.4) is 0 Å². The predicted octanol–water partition coefficient (Wildman–Crippen LogP) is 1.80. The first-order valence-electron chi connectivity index (χ1n) is 4.45. The third-order valence-electron chi connectivity index (χ3n) is 2.21. The second-order valence-corrected chi connectivity index (χ2v) is 3.60. The van der Waals surface area contributed by atoms with E-state index in [0.29, 0.717) is 5.02 Å². The fourth-order valence-corrected chi connectivity index (χ4v) is 1.71. The molecule has 3 heteroatoms. The van der Waals surface area contributed by atoms with Gasteiger partial charge in [-0.25, -0.2) is 0 Å². The molecule has 0 atom stereocenters. The van der Waals surface area contributed by atoms with Gasteiger partial charge in [-0.05, 0) is 22.9 Å². The second-order valence-electron chi connectivity index (χ2n) is 3.19. The van der Waals surface area contributed by atoms with Crippen LogP contribution in [-0.2, 0) is 0 Å². The van der Waals surface area contributed by atoms with Crippen molar-refractivity contribution in [2.75, 3.05) is 0 Å². The first-order valence-corrected chi connectivity index (χ1v) is 4.83. The molecule has 0 spiro atoms. The van der Waals surface area contributed by atoms with E-state index in [2.05, 4.69) is 0 Å². The minimum absolute atomic E-state index is 0.243. The quantitative estimate of drug-likeness (QED) is 0.700. The summed E-state index contributed by atoms with van der Waals surface area (Å²) in [5.74, 6) is -0.756. The van der Waals surface area contributed by atoms with Gasteiger partial charge in [0.05, 0.1) is 10.2 Å². The van der Waals surface area contributed by atoms with Crippen LogP contribution in [0.5, 0.6) is 0 Å². The van der Waals surface area contributed by atoms with Gasteiger partial charge in [0.15, 0.2) is 0 Å². The maximum atomic E-state index is 8.91. The zero-order chi connectivity index (χ0) is 10.8. The molecule has 0 bridgehead atoms. The first kappa shape index (κ1) is 9.87. The monoisotopic (exact) mass is 220 g/mol. The molecular weight excluding hydrogens is 212 g/mol. The zero-order valence-corrected chi connectivity index (χ0v) is 8.57. The van der Waals surface area contributed by atoms with Gasteiger partial charge in [0.25, 0.3) is 5.95 Å². The van der Waals surface area contributed by atoms with E-state index < -0.39 is 5.95 Å². The van der Waals surface area contributed by atoms with Crippen molar-refractivity contribution in [3.63, 3.8) is 0 Å². The number of hydrogen-bond acceptors (Lipinski definition) is 2. The van der Waals surface area contributed by atoms with Crippen molar-refractivity contribution in [3.05, 3.63) is 58.0 Å². The Balaban J connectivity index is 2.72. The number of benzene rings is 1. The highest BCUT2D eigenvalue weighted by Gasteiger charge is 1.99. The Labute approximate surface area is 91.7 Å². The van der Waals surface area contributed by atoms with Crippen LogP contribution in [-0.4, -0.2) is 10.2 Å². The summed E-state index contributed by atoms with van der Waals surface area (Å²) in [6.07, 6.45) is 7.81. The Morgan fingerprint density at radius 3 is 2.27 bits per heavy atom. The molecule has 0 fully saturated rings. The summed E-state index contributed by atoms with van der Waals surface area (Å²) in [6.45, 7) is 0. The van der Waals surface area contributed by atoms with E-state index in [1.165, 1.54) is 0 Å². The molecule has 0 unspecified atom stereocenters. The lowest BCUT2D eigenvalue weighted by atomic mass is 10.1. The predicted molar refractivity (Wildman–Crippen MR) is 61.1 cm³/mol. The molecule has 0 saturated heterocycles. The van der Waals surface area contributed by atoms with Crippen LogP contribution in [0.4, 0.5) is 0 Å². The smallest absolute Gasteiger partial charge is 0.283 e. The van der Waals surface area contributed by atoms with E-state index >= 15 is 0 Å². The van der Waals surface area contributed by atoms with Crippen LogP contribution >= 0.6 is 11.6 Å². The third kappa shape index (κ3) is 1.90. The van der Waals surface area contributed by atoms with Gasteiger partial charge in [0, 0.05) is 0 Å². The fourth-order valence-electron chi connectivity index (χ4n) is 1.44. The minimum atomic E-state index is -0.756. The molecule has 2 N–H and O–H groups in total. The molecular formula is C12H9ClO2. The molecule has 2 rings (SSSR count). The standard InChI is InChI=1S/C12H9ClO2/c13-11-7-9(8-3-1-2-4-8)5-6-10(11)12(14)15/h1-7,14-15H. The van der Waals surface area contributed by atoms with Gasteiger partial charge >= 0.3 is 0 Å². The van der Waals surface area contributed by atoms with Crippen LogP contribution in [0, 0.1) is 0 Å². The van der Waals surface area contributed by atoms with Crippen LogP contribution in [0.15, 0.2) is 42.5 Å². The van der Waals surface area contributed by atoms with Crippen molar-refractivity contribution < 1.29 is 10.2 Å². The van der Waals surface area contributed by atoms with Crippen molar-refractivity contribution in [2.45, 2.75) is 0 Å². The molecule has 2 nitrogen and oxygen atoms in total. The van der Waals surface area contributed by atoms with Crippen molar-refractivity contribution in [3.8, 4) is 0 Å². The Kier molecular flexibility index (Phi) is 2.52. The SMILES string of the molecule is OC(O)=c1ccc(=C2C=CC=C2)cc1Cl. The summed E-state index contributed by atoms with van der Waals surface area (Å²) in [5, 5.41) is 19.4. The van der Waals surface area contributed by atoms with Gasteiger partial charge in [-0.15, -0.1) is 0 Å². The highest BCUT2D eigenvalue weighted by molar-refractivity contribution is 6.30. The van der Waals surface area contributed by atoms with Crippen molar-refractivity contribution in [1.82, 2.24) is 0 Å². The minimum Gasteiger partial charge on any atom is -0.481 e. The zero-order valence-electron chi connectivity index (χ0n) is 7.81. The summed E-state index contributed by atoms with van der Waals surface area (Å²) in [5.41, 5.74) is 1.06. The molecule has 0 aromatic heterocycles.